The highest BCUT2D eigenvalue weighted by Crippen LogP contribution is 2.76. The van der Waals surface area contributed by atoms with Gasteiger partial charge in [0.05, 0.1) is 23.0 Å². The number of hydrogen-bond acceptors (Lipinski definition) is 10. The first-order chi connectivity index (χ1) is 37.8. The number of aliphatic carboxylic acids is 1. The van der Waals surface area contributed by atoms with Gasteiger partial charge in [0.15, 0.2) is 35.3 Å². The Labute approximate surface area is 467 Å². The second kappa shape index (κ2) is 20.1. The standard InChI is InChI=1S/C34H41F2NO5.C31H37F2NO4/c1-21(38)42-19-30(41)33-20-37(13-7-10-22-8-5-4-6-9-22)18-23(33)14-25-26-16-28(35)27-15-24(39)11-12-31(27,2)34(26,36)29(40)17-32(25,33)3;1-28-11-10-21(35)14-24(28)25(32)15-23-22-13-20-17-34(12-6-9-19-7-4-3-5-8-19)18-30(20,27(37)38)29(22,2)16-26(36)31(23,28)33/h4-6,8-9,11-12,15,23,25-26,28-29,40H,7,10,13-14,16-20H2,1-3H3;3-5,7-8,10-11,14,20,22-23,25-26,36H,6,9,12-13,15-18H2,1-2H3,(H,37,38)/t23-,25-,26-,28-,29-,31-,32-,33+,34-;20-,22-,23-,25-,26-,28-,29-,30+,31-/m00/s1. The van der Waals surface area contributed by atoms with Crippen molar-refractivity contribution in [3.05, 3.63) is 119 Å². The number of esters is 1. The second-order valence-corrected chi connectivity index (χ2v) is 26.7. The van der Waals surface area contributed by atoms with Crippen LogP contribution in [0.2, 0.25) is 0 Å². The molecular formula is C65H78F4N2O9. The number of ether oxygens (including phenoxy) is 1. The molecule has 2 saturated heterocycles. The van der Waals surface area contributed by atoms with E-state index in [2.05, 4.69) is 34.1 Å². The van der Waals surface area contributed by atoms with E-state index in [1.54, 1.807) is 13.8 Å². The van der Waals surface area contributed by atoms with E-state index in [1.807, 2.05) is 50.2 Å². The lowest BCUT2D eigenvalue weighted by molar-refractivity contribution is -0.215. The highest BCUT2D eigenvalue weighted by molar-refractivity contribution is 6.02. The number of carboxylic acids is 1. The van der Waals surface area contributed by atoms with Crippen molar-refractivity contribution < 1.29 is 61.6 Å². The van der Waals surface area contributed by atoms with E-state index in [0.29, 0.717) is 39.0 Å². The molecule has 0 aromatic heterocycles. The monoisotopic (exact) mass is 1110 g/mol. The zero-order valence-electron chi connectivity index (χ0n) is 46.7. The average Bonchev–Trinajstić information content (AvgIpc) is 4.27. The number of ketones is 3. The first-order valence-electron chi connectivity index (χ1n) is 29.2. The average molecular weight is 1110 g/mol. The molecule has 18 atom stereocenters. The van der Waals surface area contributed by atoms with Gasteiger partial charge in [-0.1, -0.05) is 86.7 Å². The Balaban J connectivity index is 0.000000170. The summed E-state index contributed by atoms with van der Waals surface area (Å²) in [6, 6.07) is 20.4. The molecule has 2 aliphatic heterocycles. The molecule has 2 heterocycles. The number of fused-ring (bicyclic) bond motifs is 14. The van der Waals surface area contributed by atoms with Gasteiger partial charge in [0.2, 0.25) is 0 Å². The highest BCUT2D eigenvalue weighted by atomic mass is 19.2. The molecule has 0 unspecified atom stereocenters. The molecule has 0 radical (unpaired) electrons. The second-order valence-electron chi connectivity index (χ2n) is 26.7. The van der Waals surface area contributed by atoms with Crippen LogP contribution >= 0.6 is 0 Å². The third-order valence-corrected chi connectivity index (χ3v) is 23.3. The number of alkyl halides is 4. The van der Waals surface area contributed by atoms with Gasteiger partial charge in [-0.15, -0.1) is 0 Å². The fourth-order valence-electron chi connectivity index (χ4n) is 19.5. The third kappa shape index (κ3) is 8.09. The van der Waals surface area contributed by atoms with Crippen molar-refractivity contribution in [1.29, 1.82) is 0 Å². The normalized spacial score (nSPS) is 43.9. The Hall–Kier alpha value is -5.09. The number of nitrogens with zero attached hydrogens (tertiary/aromatic N) is 2. The van der Waals surface area contributed by atoms with Crippen molar-refractivity contribution >= 4 is 29.3 Å². The molecule has 3 N–H and O–H groups in total. The van der Waals surface area contributed by atoms with E-state index in [1.165, 1.54) is 54.5 Å². The lowest BCUT2D eigenvalue weighted by atomic mass is 9.43. The van der Waals surface area contributed by atoms with E-state index < -0.39 is 92.2 Å². The summed E-state index contributed by atoms with van der Waals surface area (Å²) in [6.07, 6.45) is 6.31. The van der Waals surface area contributed by atoms with Crippen molar-refractivity contribution in [2.45, 2.75) is 135 Å². The van der Waals surface area contributed by atoms with Crippen LogP contribution in [0.25, 0.3) is 0 Å². The molecule has 11 nitrogen and oxygen atoms in total. The third-order valence-electron chi connectivity index (χ3n) is 23.3. The summed E-state index contributed by atoms with van der Waals surface area (Å²) < 4.78 is 71.7. The van der Waals surface area contributed by atoms with Gasteiger partial charge < -0.3 is 29.9 Å². The van der Waals surface area contributed by atoms with Crippen molar-refractivity contribution in [2.75, 3.05) is 45.9 Å². The number of rotatable bonds is 12. The summed E-state index contributed by atoms with van der Waals surface area (Å²) in [5, 5.41) is 34.0. The molecule has 80 heavy (non-hydrogen) atoms. The molecule has 6 saturated carbocycles. The Morgan fingerprint density at radius 3 is 1.46 bits per heavy atom. The lowest BCUT2D eigenvalue weighted by Gasteiger charge is -2.63. The minimum absolute atomic E-state index is 0.00688. The van der Waals surface area contributed by atoms with Crippen LogP contribution < -0.4 is 0 Å². The summed E-state index contributed by atoms with van der Waals surface area (Å²) in [5.41, 5.74) is -8.33. The molecule has 0 bridgehead atoms. The molecule has 0 amide bonds. The number of benzene rings is 2. The predicted molar refractivity (Wildman–Crippen MR) is 292 cm³/mol. The first-order valence-corrected chi connectivity index (χ1v) is 29.2. The maximum absolute atomic E-state index is 17.6. The van der Waals surface area contributed by atoms with Crippen LogP contribution in [-0.4, -0.2) is 136 Å². The number of aliphatic hydroxyl groups is 2. The van der Waals surface area contributed by atoms with Gasteiger partial charge in [0.1, 0.15) is 12.3 Å². The number of carbonyl (C=O) groups is 5. The van der Waals surface area contributed by atoms with Crippen LogP contribution in [0.3, 0.4) is 0 Å². The zero-order chi connectivity index (χ0) is 57.2. The van der Waals surface area contributed by atoms with E-state index in [4.69, 9.17) is 4.74 Å². The van der Waals surface area contributed by atoms with Crippen LogP contribution in [-0.2, 0) is 41.6 Å². The first kappa shape index (κ1) is 56.8. The lowest BCUT2D eigenvalue weighted by Crippen LogP contribution is -2.69. The molecule has 0 spiro atoms. The molecular weight excluding hydrogens is 1030 g/mol. The van der Waals surface area contributed by atoms with Gasteiger partial charge in [-0.2, -0.15) is 0 Å². The fourth-order valence-corrected chi connectivity index (χ4v) is 19.5. The van der Waals surface area contributed by atoms with Crippen molar-refractivity contribution in [1.82, 2.24) is 9.80 Å². The molecule has 2 aromatic rings. The number of halogens is 4. The maximum atomic E-state index is 17.6. The van der Waals surface area contributed by atoms with Crippen LogP contribution in [0.15, 0.2) is 108 Å². The minimum Gasteiger partial charge on any atom is -0.481 e. The smallest absolute Gasteiger partial charge is 0.311 e. The predicted octanol–water partition coefficient (Wildman–Crippen LogP) is 9.15. The fraction of sp³-hybridized carbons (Fsp3) is 0.615. The number of hydrogen-bond donors (Lipinski definition) is 3. The van der Waals surface area contributed by atoms with Crippen LogP contribution in [0.1, 0.15) is 97.1 Å². The summed E-state index contributed by atoms with van der Waals surface area (Å²) >= 11 is 0. The summed E-state index contributed by atoms with van der Waals surface area (Å²) in [6.45, 7) is 11.6. The van der Waals surface area contributed by atoms with E-state index in [-0.39, 0.29) is 84.5 Å². The molecule has 2 aromatic carbocycles. The summed E-state index contributed by atoms with van der Waals surface area (Å²) in [4.78, 5) is 67.7. The Morgan fingerprint density at radius 2 is 1.04 bits per heavy atom. The molecule has 8 fully saturated rings. The minimum atomic E-state index is -2.18. The van der Waals surface area contributed by atoms with Gasteiger partial charge in [-0.05, 0) is 172 Å². The number of carbonyl (C=O) groups excluding carboxylic acids is 4. The SMILES string of the molecule is CC(=O)OCC(=O)[C@@]12CN(CCCc3ccccc3)C[C@@H]1C[C@H]1[C@@H]3C[C@H](F)C4=CC(=O)C=C[C@]4(C)[C@@]3(F)[C@@H](O)C[C@@]12C.C[C@]12C=CC(=O)C=C1[C@@H](F)C[C@H]1[C@@H]3C[C@H]4CN(CCCc5ccccc5)C[C@@]4(C(=O)O)[C@@]3(C)C[C@H](O)[C@@]12F. The molecule has 10 aliphatic rings. The largest absolute Gasteiger partial charge is 0.481 e. The van der Waals surface area contributed by atoms with E-state index in [9.17, 15) is 39.3 Å². The molecule has 8 aliphatic carbocycles. The van der Waals surface area contributed by atoms with Gasteiger partial charge in [0, 0.05) is 55.8 Å². The van der Waals surface area contributed by atoms with Crippen molar-refractivity contribution in [3.8, 4) is 0 Å². The molecule has 12 rings (SSSR count). The quantitative estimate of drug-likeness (QED) is 0.137. The molecule has 430 valence electrons. The topological polar surface area (TPSA) is 162 Å². The summed E-state index contributed by atoms with van der Waals surface area (Å²) in [5.74, 6) is -5.09. The van der Waals surface area contributed by atoms with Crippen LogP contribution in [0, 0.1) is 68.0 Å². The van der Waals surface area contributed by atoms with Gasteiger partial charge >= 0.3 is 11.9 Å². The van der Waals surface area contributed by atoms with Gasteiger partial charge in [-0.25, -0.2) is 17.6 Å². The number of likely N-dealkylation sites (tertiary alicyclic amines) is 2. The maximum Gasteiger partial charge on any atom is 0.311 e. The van der Waals surface area contributed by atoms with Crippen molar-refractivity contribution in [2.24, 2.45) is 68.0 Å². The number of aliphatic hydroxyl groups excluding tert-OH is 2. The zero-order valence-corrected chi connectivity index (χ0v) is 46.7. The van der Waals surface area contributed by atoms with Gasteiger partial charge in [0.25, 0.3) is 0 Å². The Bertz CT molecular complexity index is 2950. The Morgan fingerprint density at radius 1 is 0.625 bits per heavy atom. The number of carboxylic acid groups (broad SMARTS) is 1. The number of allylic oxidation sites excluding steroid dienone is 8. The molecule has 15 heteroatoms. The van der Waals surface area contributed by atoms with Crippen LogP contribution in [0.4, 0.5) is 17.6 Å². The van der Waals surface area contributed by atoms with E-state index in [0.717, 1.165) is 38.8 Å². The van der Waals surface area contributed by atoms with E-state index >= 15 is 17.6 Å². The highest BCUT2D eigenvalue weighted by Gasteiger charge is 2.80. The van der Waals surface area contributed by atoms with Gasteiger partial charge in [-0.3, -0.25) is 24.0 Å². The van der Waals surface area contributed by atoms with Crippen molar-refractivity contribution in [3.63, 3.8) is 0 Å². The summed E-state index contributed by atoms with van der Waals surface area (Å²) in [7, 11) is 0. The Kier molecular flexibility index (Phi) is 14.2. The number of Topliss-reactive ketones (excluding diaryl/α,β-unsaturated/α-hetero) is 1. The van der Waals surface area contributed by atoms with Crippen LogP contribution in [0.5, 0.6) is 0 Å². The number of aryl methyl sites for hydroxylation is 2.